The zero-order chi connectivity index (χ0) is 38.8. The van der Waals surface area contributed by atoms with Crippen molar-refractivity contribution in [3.05, 3.63) is 0 Å². The molecule has 9 nitrogen and oxygen atoms in total. The number of carbonyl (C=O) groups is 2. The standard InChI is InChI=1S/C44H86N2O7/c1-3-5-7-9-11-13-15-17-19-21-23-25-27-29-31-33-39(47)45-35-36-46(37-38-41(49)42(50)43(51)44(52)53-38)40(48)34-32-30-28-26-24-22-20-18-16-14-12-10-8-6-4-2/h38,41-44,49-52H,3-37H2,1-2H3,(H,45,47)/t38-,41+,42+,43-,44-/m1/s1. The van der Waals surface area contributed by atoms with Gasteiger partial charge in [0.05, 0.1) is 0 Å². The molecule has 0 aromatic rings. The molecule has 1 rings (SSSR count). The lowest BCUT2D eigenvalue weighted by atomic mass is 9.98. The molecule has 1 heterocycles. The fourth-order valence-corrected chi connectivity index (χ4v) is 7.50. The van der Waals surface area contributed by atoms with E-state index in [2.05, 4.69) is 19.2 Å². The first-order valence-corrected chi connectivity index (χ1v) is 22.7. The molecule has 1 fully saturated rings. The van der Waals surface area contributed by atoms with Crippen LogP contribution in [0.4, 0.5) is 0 Å². The summed E-state index contributed by atoms with van der Waals surface area (Å²) in [6, 6.07) is 0. The molecule has 0 bridgehead atoms. The lowest BCUT2D eigenvalue weighted by Crippen LogP contribution is -2.60. The molecule has 9 heteroatoms. The van der Waals surface area contributed by atoms with Crippen LogP contribution in [0.15, 0.2) is 0 Å². The number of aliphatic hydroxyl groups excluding tert-OH is 4. The van der Waals surface area contributed by atoms with Gasteiger partial charge in [-0.25, -0.2) is 0 Å². The monoisotopic (exact) mass is 755 g/mol. The van der Waals surface area contributed by atoms with E-state index in [0.29, 0.717) is 12.8 Å². The lowest BCUT2D eigenvalue weighted by Gasteiger charge is -2.40. The number of carbonyl (C=O) groups excluding carboxylic acids is 2. The molecule has 0 radical (unpaired) electrons. The Balaban J connectivity index is 2.25. The number of hydrogen-bond acceptors (Lipinski definition) is 7. The first-order chi connectivity index (χ1) is 25.8. The van der Waals surface area contributed by atoms with Crippen LogP contribution < -0.4 is 5.32 Å². The maximum absolute atomic E-state index is 13.3. The van der Waals surface area contributed by atoms with Crippen LogP contribution in [0.5, 0.6) is 0 Å². The molecule has 1 aliphatic rings. The van der Waals surface area contributed by atoms with Crippen molar-refractivity contribution in [3.8, 4) is 0 Å². The Labute approximate surface area is 325 Å². The number of rotatable bonds is 37. The van der Waals surface area contributed by atoms with E-state index in [4.69, 9.17) is 4.74 Å². The zero-order valence-electron chi connectivity index (χ0n) is 34.6. The number of aliphatic hydroxyl groups is 4. The first kappa shape index (κ1) is 49.8. The molecule has 53 heavy (non-hydrogen) atoms. The normalized spacial score (nSPS) is 20.2. The van der Waals surface area contributed by atoms with Gasteiger partial charge in [0.25, 0.3) is 0 Å². The highest BCUT2D eigenvalue weighted by Gasteiger charge is 2.43. The molecule has 314 valence electrons. The van der Waals surface area contributed by atoms with Gasteiger partial charge >= 0.3 is 0 Å². The maximum atomic E-state index is 13.3. The van der Waals surface area contributed by atoms with Crippen molar-refractivity contribution >= 4 is 11.8 Å². The largest absolute Gasteiger partial charge is 0.388 e. The Bertz CT molecular complexity index is 847. The molecular formula is C44H86N2O7. The van der Waals surface area contributed by atoms with Gasteiger partial charge in [0.1, 0.15) is 24.4 Å². The van der Waals surface area contributed by atoms with Gasteiger partial charge in [-0.3, -0.25) is 9.59 Å². The number of unbranched alkanes of at least 4 members (excludes halogenated alkanes) is 28. The minimum atomic E-state index is -1.65. The fraction of sp³-hybridized carbons (Fsp3) is 0.955. The Morgan fingerprint density at radius 3 is 1.25 bits per heavy atom. The van der Waals surface area contributed by atoms with Crippen LogP contribution in [0.3, 0.4) is 0 Å². The van der Waals surface area contributed by atoms with Crippen LogP contribution >= 0.6 is 0 Å². The van der Waals surface area contributed by atoms with Crippen LogP contribution in [0.25, 0.3) is 0 Å². The summed E-state index contributed by atoms with van der Waals surface area (Å²) in [4.78, 5) is 27.4. The molecule has 0 aromatic carbocycles. The quantitative estimate of drug-likeness (QED) is 0.0399. The summed E-state index contributed by atoms with van der Waals surface area (Å²) >= 11 is 0. The van der Waals surface area contributed by atoms with E-state index in [1.807, 2.05) is 0 Å². The molecule has 2 amide bonds. The van der Waals surface area contributed by atoms with Crippen LogP contribution in [0, 0.1) is 0 Å². The van der Waals surface area contributed by atoms with E-state index in [1.165, 1.54) is 154 Å². The van der Waals surface area contributed by atoms with Crippen LogP contribution in [0.1, 0.15) is 219 Å². The van der Waals surface area contributed by atoms with Gasteiger partial charge in [-0.15, -0.1) is 0 Å². The highest BCUT2D eigenvalue weighted by molar-refractivity contribution is 5.77. The molecular weight excluding hydrogens is 668 g/mol. The molecule has 0 aromatic heterocycles. The van der Waals surface area contributed by atoms with Gasteiger partial charge in [0.15, 0.2) is 6.29 Å². The summed E-state index contributed by atoms with van der Waals surface area (Å²) in [6.45, 7) is 4.99. The van der Waals surface area contributed by atoms with Crippen LogP contribution in [0.2, 0.25) is 0 Å². The van der Waals surface area contributed by atoms with Crippen molar-refractivity contribution in [1.82, 2.24) is 10.2 Å². The lowest BCUT2D eigenvalue weighted by molar-refractivity contribution is -0.283. The smallest absolute Gasteiger partial charge is 0.222 e. The Morgan fingerprint density at radius 1 is 0.491 bits per heavy atom. The molecule has 5 N–H and O–H groups in total. The second kappa shape index (κ2) is 35.2. The molecule has 1 aliphatic heterocycles. The predicted octanol–water partition coefficient (Wildman–Crippen LogP) is 9.25. The molecule has 0 spiro atoms. The van der Waals surface area contributed by atoms with E-state index in [0.717, 1.165) is 38.5 Å². The molecule has 0 unspecified atom stereocenters. The summed E-state index contributed by atoms with van der Waals surface area (Å²) in [5.41, 5.74) is 0. The van der Waals surface area contributed by atoms with E-state index in [1.54, 1.807) is 4.90 Å². The van der Waals surface area contributed by atoms with Gasteiger partial charge in [0, 0.05) is 32.5 Å². The third kappa shape index (κ3) is 27.1. The van der Waals surface area contributed by atoms with Gasteiger partial charge in [0.2, 0.25) is 11.8 Å². The summed E-state index contributed by atoms with van der Waals surface area (Å²) in [5, 5.41) is 43.5. The number of ether oxygens (including phenoxy) is 1. The van der Waals surface area contributed by atoms with Crippen LogP contribution in [-0.4, -0.2) is 87.5 Å². The van der Waals surface area contributed by atoms with Crippen molar-refractivity contribution < 1.29 is 34.8 Å². The SMILES string of the molecule is CCCCCCCCCCCCCCCCCC(=O)NCCN(C[C@H]1O[C@@H](O)[C@H](O)[C@@H](O)[C@H]1O)C(=O)CCCCCCCCCCCCCCCCC. The fourth-order valence-electron chi connectivity index (χ4n) is 7.50. The third-order valence-corrected chi connectivity index (χ3v) is 11.1. The van der Waals surface area contributed by atoms with E-state index < -0.39 is 30.7 Å². The molecule has 1 saturated heterocycles. The molecule has 0 saturated carbocycles. The van der Waals surface area contributed by atoms with Crippen LogP contribution in [-0.2, 0) is 14.3 Å². The van der Waals surface area contributed by atoms with E-state index >= 15 is 0 Å². The van der Waals surface area contributed by atoms with E-state index in [-0.39, 0.29) is 31.4 Å². The Morgan fingerprint density at radius 2 is 0.849 bits per heavy atom. The zero-order valence-corrected chi connectivity index (χ0v) is 34.6. The highest BCUT2D eigenvalue weighted by Crippen LogP contribution is 2.22. The van der Waals surface area contributed by atoms with Gasteiger partial charge in [-0.1, -0.05) is 194 Å². The van der Waals surface area contributed by atoms with Crippen molar-refractivity contribution in [2.24, 2.45) is 0 Å². The number of amides is 2. The van der Waals surface area contributed by atoms with Crippen molar-refractivity contribution in [3.63, 3.8) is 0 Å². The summed E-state index contributed by atoms with van der Waals surface area (Å²) < 4.78 is 5.37. The first-order valence-electron chi connectivity index (χ1n) is 22.7. The average molecular weight is 755 g/mol. The third-order valence-electron chi connectivity index (χ3n) is 11.1. The molecule has 0 aliphatic carbocycles. The second-order valence-corrected chi connectivity index (χ2v) is 16.1. The average Bonchev–Trinajstić information content (AvgIpc) is 3.15. The molecule has 5 atom stereocenters. The second-order valence-electron chi connectivity index (χ2n) is 16.1. The summed E-state index contributed by atoms with van der Waals surface area (Å²) in [7, 11) is 0. The van der Waals surface area contributed by atoms with Crippen molar-refractivity contribution in [2.45, 2.75) is 250 Å². The Kier molecular flexibility index (Phi) is 33.0. The van der Waals surface area contributed by atoms with Crippen molar-refractivity contribution in [2.75, 3.05) is 19.6 Å². The number of nitrogens with one attached hydrogen (secondary N) is 1. The number of nitrogens with zero attached hydrogens (tertiary/aromatic N) is 1. The summed E-state index contributed by atoms with van der Waals surface area (Å²) in [5.74, 6) is -0.139. The maximum Gasteiger partial charge on any atom is 0.222 e. The van der Waals surface area contributed by atoms with Gasteiger partial charge in [-0.2, -0.15) is 0 Å². The van der Waals surface area contributed by atoms with Crippen molar-refractivity contribution in [1.29, 1.82) is 0 Å². The number of hydrogen-bond donors (Lipinski definition) is 5. The minimum Gasteiger partial charge on any atom is -0.388 e. The van der Waals surface area contributed by atoms with Gasteiger partial charge < -0.3 is 35.4 Å². The highest BCUT2D eigenvalue weighted by atomic mass is 16.6. The van der Waals surface area contributed by atoms with Gasteiger partial charge in [-0.05, 0) is 12.8 Å². The topological polar surface area (TPSA) is 140 Å². The van der Waals surface area contributed by atoms with E-state index in [9.17, 15) is 30.0 Å². The Hall–Kier alpha value is -1.26. The predicted molar refractivity (Wildman–Crippen MR) is 218 cm³/mol. The minimum absolute atomic E-state index is 0.0302. The summed E-state index contributed by atoms with van der Waals surface area (Å²) in [6.07, 6.45) is 31.4.